The van der Waals surface area contributed by atoms with Gasteiger partial charge in [-0.15, -0.1) is 0 Å². The Morgan fingerprint density at radius 1 is 1.07 bits per heavy atom. The largest absolute Gasteiger partial charge is 0.494 e. The lowest BCUT2D eigenvalue weighted by Crippen LogP contribution is -2.57. The van der Waals surface area contributed by atoms with E-state index >= 15 is 0 Å². The van der Waals surface area contributed by atoms with Gasteiger partial charge in [0.2, 0.25) is 5.90 Å². The van der Waals surface area contributed by atoms with Gasteiger partial charge in [-0.1, -0.05) is 47.5 Å². The van der Waals surface area contributed by atoms with Crippen LogP contribution in [0, 0.1) is 0 Å². The molecule has 2 N–H and O–H groups in total. The number of morpholine rings is 1. The van der Waals surface area contributed by atoms with Crippen LogP contribution in [0.4, 0.5) is 0 Å². The molecule has 1 fully saturated rings. The quantitative estimate of drug-likeness (QED) is 0.276. The molecule has 2 aliphatic rings. The summed E-state index contributed by atoms with van der Waals surface area (Å²) in [6, 6.07) is 19.9. The Balaban J connectivity index is 1.56. The smallest absolute Gasteiger partial charge is 0.266 e. The van der Waals surface area contributed by atoms with Crippen LogP contribution in [-0.2, 0) is 24.1 Å². The average molecular weight is 663 g/mol. The zero-order valence-corrected chi connectivity index (χ0v) is 26.2. The van der Waals surface area contributed by atoms with Gasteiger partial charge in [0, 0.05) is 53.7 Å². The van der Waals surface area contributed by atoms with E-state index in [1.165, 1.54) is 12.1 Å². The predicted octanol–water partition coefficient (Wildman–Crippen LogP) is 4.24. The molecule has 0 radical (unpaired) electrons. The van der Waals surface area contributed by atoms with E-state index in [1.54, 1.807) is 65.7 Å². The molecule has 1 amide bonds. The van der Waals surface area contributed by atoms with Crippen LogP contribution in [0.1, 0.15) is 30.1 Å². The van der Waals surface area contributed by atoms with Crippen LogP contribution in [0.15, 0.2) is 82.7 Å². The maximum Gasteiger partial charge on any atom is 0.266 e. The van der Waals surface area contributed by atoms with Gasteiger partial charge in [-0.2, -0.15) is 0 Å². The third kappa shape index (κ3) is 7.36. The number of nitrogens with one attached hydrogen (secondary N) is 1. The molecular weight excluding hydrogens is 629 g/mol. The zero-order chi connectivity index (χ0) is 31.2. The number of aliphatic hydroxyl groups excluding tert-OH is 1. The summed E-state index contributed by atoms with van der Waals surface area (Å²) >= 11 is 12.9. The van der Waals surface area contributed by atoms with Crippen molar-refractivity contribution in [3.8, 4) is 5.75 Å². The second-order valence-electron chi connectivity index (χ2n) is 10.4. The van der Waals surface area contributed by atoms with Crippen LogP contribution in [0.25, 0.3) is 0 Å². The van der Waals surface area contributed by atoms with Gasteiger partial charge < -0.3 is 19.3 Å². The van der Waals surface area contributed by atoms with Crippen molar-refractivity contribution in [1.82, 2.24) is 10.4 Å². The average Bonchev–Trinajstić information content (AvgIpc) is 3.42. The molecule has 0 saturated carbocycles. The number of carbonyl (C=O) groups excluding carboxylic acids is 1. The maximum absolute atomic E-state index is 14.3. The van der Waals surface area contributed by atoms with Gasteiger partial charge >= 0.3 is 0 Å². The highest BCUT2D eigenvalue weighted by atomic mass is 35.5. The van der Waals surface area contributed by atoms with E-state index in [9.17, 15) is 13.2 Å². The van der Waals surface area contributed by atoms with E-state index in [2.05, 4.69) is 5.43 Å². The van der Waals surface area contributed by atoms with Gasteiger partial charge in [0.1, 0.15) is 5.75 Å². The summed E-state index contributed by atoms with van der Waals surface area (Å²) in [4.78, 5) is 19.4. The molecule has 44 heavy (non-hydrogen) atoms. The number of benzene rings is 3. The van der Waals surface area contributed by atoms with E-state index in [0.717, 1.165) is 0 Å². The highest BCUT2D eigenvalue weighted by Gasteiger charge is 2.54. The number of carbonyl (C=O) groups is 1. The summed E-state index contributed by atoms with van der Waals surface area (Å²) < 4.78 is 44.5. The number of hydrogen-bond donors (Lipinski definition) is 2. The number of halogens is 2. The first-order chi connectivity index (χ1) is 21.2. The van der Waals surface area contributed by atoms with Crippen LogP contribution in [0.3, 0.4) is 0 Å². The van der Waals surface area contributed by atoms with Crippen LogP contribution in [0.2, 0.25) is 10.0 Å². The molecule has 2 aliphatic heterocycles. The number of aliphatic hydroxyl groups is 1. The van der Waals surface area contributed by atoms with Crippen LogP contribution in [-0.4, -0.2) is 81.1 Å². The molecule has 5 rings (SSSR count). The van der Waals surface area contributed by atoms with Crippen LogP contribution < -0.4 is 10.2 Å². The minimum atomic E-state index is -3.80. The van der Waals surface area contributed by atoms with E-state index in [4.69, 9.17) is 47.5 Å². The van der Waals surface area contributed by atoms with E-state index < -0.39 is 27.4 Å². The van der Waals surface area contributed by atoms with E-state index in [0.29, 0.717) is 61.2 Å². The highest BCUT2D eigenvalue weighted by molar-refractivity contribution is 7.91. The lowest BCUT2D eigenvalue weighted by Gasteiger charge is -2.34. The normalized spacial score (nSPS) is 20.5. The van der Waals surface area contributed by atoms with Crippen molar-refractivity contribution in [3.63, 3.8) is 0 Å². The lowest BCUT2D eigenvalue weighted by atomic mass is 9.85. The molecule has 10 nitrogen and oxygen atoms in total. The van der Waals surface area contributed by atoms with Crippen molar-refractivity contribution < 1.29 is 32.5 Å². The van der Waals surface area contributed by atoms with Gasteiger partial charge in [-0.25, -0.2) is 18.4 Å². The molecule has 0 spiro atoms. The number of nitrogens with zero attached hydrogens (tertiary/aromatic N) is 2. The second-order valence-corrected chi connectivity index (χ2v) is 13.3. The summed E-state index contributed by atoms with van der Waals surface area (Å²) in [5.74, 6) is -0.175. The standard InChI is InChI=1S/C31H33Cl2N3O7S/c32-23-9-12-26(27(33)21-23)28-31(30(38)35-36-14-18-41-19-15-36,13-20-44(39,40)25-5-2-1-3-6-25)34-29(43-28)22-7-10-24(11-8-22)42-17-4-16-37/h1-3,5-12,21,28,37H,4,13-20H2,(H,35,38)/t28-,31-/m0/s1. The molecule has 2 heterocycles. The minimum absolute atomic E-state index is 0.0198. The van der Waals surface area contributed by atoms with Gasteiger partial charge in [-0.3, -0.25) is 10.2 Å². The summed E-state index contributed by atoms with van der Waals surface area (Å²) in [6.45, 7) is 2.13. The topological polar surface area (TPSA) is 127 Å². The fourth-order valence-electron chi connectivity index (χ4n) is 5.01. The van der Waals surface area contributed by atoms with Crippen molar-refractivity contribution in [2.24, 2.45) is 4.99 Å². The highest BCUT2D eigenvalue weighted by Crippen LogP contribution is 2.45. The van der Waals surface area contributed by atoms with Crippen molar-refractivity contribution in [3.05, 3.63) is 94.0 Å². The Bertz CT molecular complexity index is 1580. The molecule has 1 saturated heterocycles. The Morgan fingerprint density at radius 3 is 2.48 bits per heavy atom. The number of sulfone groups is 1. The summed E-state index contributed by atoms with van der Waals surface area (Å²) in [7, 11) is -3.80. The monoisotopic (exact) mass is 661 g/mol. The maximum atomic E-state index is 14.3. The molecule has 3 aromatic carbocycles. The molecule has 234 valence electrons. The first-order valence-electron chi connectivity index (χ1n) is 14.2. The Labute approximate surface area is 266 Å². The lowest BCUT2D eigenvalue weighted by molar-refractivity contribution is -0.136. The third-order valence-corrected chi connectivity index (χ3v) is 9.69. The molecule has 0 unspecified atom stereocenters. The number of hydrogen-bond acceptors (Lipinski definition) is 9. The molecule has 3 aromatic rings. The van der Waals surface area contributed by atoms with Crippen LogP contribution in [0.5, 0.6) is 5.75 Å². The predicted molar refractivity (Wildman–Crippen MR) is 167 cm³/mol. The summed E-state index contributed by atoms with van der Waals surface area (Å²) in [6.07, 6.45) is -0.779. The van der Waals surface area contributed by atoms with Gasteiger partial charge in [0.25, 0.3) is 5.91 Å². The number of rotatable bonds is 12. The fourth-order valence-corrected chi connectivity index (χ4v) is 6.91. The van der Waals surface area contributed by atoms with Crippen molar-refractivity contribution in [1.29, 1.82) is 0 Å². The number of ether oxygens (including phenoxy) is 3. The first-order valence-corrected chi connectivity index (χ1v) is 16.6. The minimum Gasteiger partial charge on any atom is -0.494 e. The number of aliphatic imine (C=N–C) groups is 1. The van der Waals surface area contributed by atoms with Gasteiger partial charge in [0.15, 0.2) is 21.5 Å². The van der Waals surface area contributed by atoms with E-state index in [1.807, 2.05) is 0 Å². The Kier molecular flexibility index (Phi) is 10.5. The molecule has 0 bridgehead atoms. The first kappa shape index (κ1) is 32.2. The number of amides is 1. The SMILES string of the molecule is O=C(NN1CCOCC1)[C@@]1(CCS(=O)(=O)c2ccccc2)N=C(c2ccc(OCCCO)cc2)O[C@H]1c1ccc(Cl)cc1Cl. The molecule has 0 aliphatic carbocycles. The Morgan fingerprint density at radius 2 is 1.80 bits per heavy atom. The summed E-state index contributed by atoms with van der Waals surface area (Å²) in [5.41, 5.74) is 2.22. The molecular formula is C31H33Cl2N3O7S. The second kappa shape index (κ2) is 14.3. The molecule has 13 heteroatoms. The fraction of sp³-hybridized carbons (Fsp3) is 0.355. The van der Waals surface area contributed by atoms with Gasteiger partial charge in [0.05, 0.1) is 30.5 Å². The van der Waals surface area contributed by atoms with Crippen molar-refractivity contribution in [2.75, 3.05) is 45.3 Å². The Hall–Kier alpha value is -3.19. The molecule has 0 aromatic heterocycles. The van der Waals surface area contributed by atoms with Crippen molar-refractivity contribution >= 4 is 44.8 Å². The van der Waals surface area contributed by atoms with Gasteiger partial charge in [-0.05, 0) is 48.5 Å². The third-order valence-electron chi connectivity index (χ3n) is 7.40. The van der Waals surface area contributed by atoms with Crippen molar-refractivity contribution in [2.45, 2.75) is 29.4 Å². The summed E-state index contributed by atoms with van der Waals surface area (Å²) in [5, 5.41) is 11.4. The van der Waals surface area contributed by atoms with E-state index in [-0.39, 0.29) is 34.6 Å². The molecule has 2 atom stereocenters. The number of hydrazine groups is 1. The zero-order valence-electron chi connectivity index (χ0n) is 23.8. The van der Waals surface area contributed by atoms with Crippen LogP contribution >= 0.6 is 23.2 Å².